The third-order valence-corrected chi connectivity index (χ3v) is 4.04. The van der Waals surface area contributed by atoms with Crippen molar-refractivity contribution < 1.29 is 13.2 Å². The fourth-order valence-corrected chi connectivity index (χ4v) is 3.07. The first-order valence-electron chi connectivity index (χ1n) is 6.77. The highest BCUT2D eigenvalue weighted by Gasteiger charge is 2.26. The molecule has 0 saturated carbocycles. The number of anilines is 2. The number of carbonyl (C=O) groups is 1. The van der Waals surface area contributed by atoms with Gasteiger partial charge in [0.2, 0.25) is 10.0 Å². The summed E-state index contributed by atoms with van der Waals surface area (Å²) in [5, 5.41) is 0. The van der Waals surface area contributed by atoms with E-state index in [0.29, 0.717) is 17.8 Å². The fraction of sp³-hybridized carbons (Fsp3) is 0.200. The maximum Gasteiger partial charge on any atom is 0.259 e. The molecular formula is C15H15N3O3S. The molecule has 1 aliphatic rings. The van der Waals surface area contributed by atoms with Gasteiger partial charge < -0.3 is 4.90 Å². The standard InChI is InChI=1S/C15H15N3O3S/c1-22(20,21)17-13-5-4-11-6-8-18(14(11)9-13)15(19)12-3-2-7-16-10-12/h2-5,7,9-10,17H,6,8H2,1H3. The third-order valence-electron chi connectivity index (χ3n) is 3.44. The van der Waals surface area contributed by atoms with Gasteiger partial charge in [0, 0.05) is 24.6 Å². The summed E-state index contributed by atoms with van der Waals surface area (Å²) in [5.41, 5.74) is 2.72. The normalized spacial score (nSPS) is 13.8. The van der Waals surface area contributed by atoms with E-state index in [4.69, 9.17) is 0 Å². The molecule has 0 saturated heterocycles. The molecule has 0 radical (unpaired) electrons. The maximum absolute atomic E-state index is 12.6. The van der Waals surface area contributed by atoms with Gasteiger partial charge in [-0.2, -0.15) is 0 Å². The summed E-state index contributed by atoms with van der Waals surface area (Å²) >= 11 is 0. The average Bonchev–Trinajstić information content (AvgIpc) is 2.89. The molecule has 2 heterocycles. The van der Waals surface area contributed by atoms with Crippen LogP contribution in [0.15, 0.2) is 42.7 Å². The van der Waals surface area contributed by atoms with Crippen LogP contribution in [-0.4, -0.2) is 32.1 Å². The van der Waals surface area contributed by atoms with Gasteiger partial charge in [-0.25, -0.2) is 8.42 Å². The van der Waals surface area contributed by atoms with Gasteiger partial charge in [-0.3, -0.25) is 14.5 Å². The number of aromatic nitrogens is 1. The molecule has 2 aromatic rings. The zero-order valence-electron chi connectivity index (χ0n) is 12.0. The van der Waals surface area contributed by atoms with E-state index in [1.165, 1.54) is 6.20 Å². The Hall–Kier alpha value is -2.41. The second-order valence-corrected chi connectivity index (χ2v) is 6.91. The van der Waals surface area contributed by atoms with Gasteiger partial charge in [-0.05, 0) is 36.2 Å². The largest absolute Gasteiger partial charge is 0.308 e. The number of amides is 1. The summed E-state index contributed by atoms with van der Waals surface area (Å²) < 4.78 is 25.1. The molecule has 0 unspecified atom stereocenters. The third kappa shape index (κ3) is 2.94. The van der Waals surface area contributed by atoms with Crippen molar-refractivity contribution in [1.29, 1.82) is 0 Å². The number of pyridine rings is 1. The van der Waals surface area contributed by atoms with E-state index >= 15 is 0 Å². The predicted octanol–water partition coefficient (Wildman–Crippen LogP) is 1.66. The van der Waals surface area contributed by atoms with E-state index in [0.717, 1.165) is 23.9 Å². The summed E-state index contributed by atoms with van der Waals surface area (Å²) in [6.45, 7) is 0.575. The Bertz CT molecular complexity index is 819. The van der Waals surface area contributed by atoms with E-state index in [1.54, 1.807) is 35.4 Å². The lowest BCUT2D eigenvalue weighted by Crippen LogP contribution is -2.29. The molecule has 1 amide bonds. The molecular weight excluding hydrogens is 302 g/mol. The van der Waals surface area contributed by atoms with Crippen molar-refractivity contribution in [2.24, 2.45) is 0 Å². The summed E-state index contributed by atoms with van der Waals surface area (Å²) in [7, 11) is -3.35. The van der Waals surface area contributed by atoms with Crippen molar-refractivity contribution in [3.8, 4) is 0 Å². The maximum atomic E-state index is 12.6. The van der Waals surface area contributed by atoms with Crippen molar-refractivity contribution in [3.05, 3.63) is 53.9 Å². The summed E-state index contributed by atoms with van der Waals surface area (Å²) in [5.74, 6) is -0.136. The lowest BCUT2D eigenvalue weighted by atomic mass is 10.1. The van der Waals surface area contributed by atoms with Crippen LogP contribution >= 0.6 is 0 Å². The minimum absolute atomic E-state index is 0.136. The van der Waals surface area contributed by atoms with Crippen molar-refractivity contribution in [2.75, 3.05) is 22.4 Å². The van der Waals surface area contributed by atoms with Gasteiger partial charge in [0.1, 0.15) is 0 Å². The summed E-state index contributed by atoms with van der Waals surface area (Å²) in [6.07, 6.45) is 4.99. The number of carbonyl (C=O) groups excluding carboxylic acids is 1. The van der Waals surface area contributed by atoms with Gasteiger partial charge in [0.15, 0.2) is 0 Å². The predicted molar refractivity (Wildman–Crippen MR) is 84.5 cm³/mol. The topological polar surface area (TPSA) is 79.4 Å². The molecule has 7 heteroatoms. The highest BCUT2D eigenvalue weighted by molar-refractivity contribution is 7.92. The molecule has 1 aromatic heterocycles. The lowest BCUT2D eigenvalue weighted by molar-refractivity contribution is 0.0989. The van der Waals surface area contributed by atoms with E-state index in [9.17, 15) is 13.2 Å². The van der Waals surface area contributed by atoms with Crippen LogP contribution in [0.25, 0.3) is 0 Å². The first-order valence-corrected chi connectivity index (χ1v) is 8.66. The average molecular weight is 317 g/mol. The van der Waals surface area contributed by atoms with Crippen LogP contribution in [0.1, 0.15) is 15.9 Å². The van der Waals surface area contributed by atoms with Gasteiger partial charge in [-0.1, -0.05) is 6.07 Å². The number of nitrogens with zero attached hydrogens (tertiary/aromatic N) is 2. The van der Waals surface area contributed by atoms with Crippen LogP contribution in [0, 0.1) is 0 Å². The van der Waals surface area contributed by atoms with Gasteiger partial charge in [0.25, 0.3) is 5.91 Å². The SMILES string of the molecule is CS(=O)(=O)Nc1ccc2c(c1)N(C(=O)c1cccnc1)CC2. The van der Waals surface area contributed by atoms with Gasteiger partial charge in [0.05, 0.1) is 17.5 Å². The molecule has 0 fully saturated rings. The Morgan fingerprint density at radius 1 is 1.32 bits per heavy atom. The number of nitrogens with one attached hydrogen (secondary N) is 1. The number of hydrogen-bond acceptors (Lipinski definition) is 4. The smallest absolute Gasteiger partial charge is 0.259 e. The van der Waals surface area contributed by atoms with Gasteiger partial charge in [-0.15, -0.1) is 0 Å². The Kier molecular flexibility index (Phi) is 3.58. The van der Waals surface area contributed by atoms with Crippen LogP contribution in [0.3, 0.4) is 0 Å². The molecule has 3 rings (SSSR count). The van der Waals surface area contributed by atoms with Crippen molar-refractivity contribution in [3.63, 3.8) is 0 Å². The van der Waals surface area contributed by atoms with Crippen molar-refractivity contribution in [1.82, 2.24) is 4.98 Å². The molecule has 1 aliphatic heterocycles. The van der Waals surface area contributed by atoms with Crippen molar-refractivity contribution in [2.45, 2.75) is 6.42 Å². The highest BCUT2D eigenvalue weighted by Crippen LogP contribution is 2.32. The number of rotatable bonds is 3. The van der Waals surface area contributed by atoms with E-state index < -0.39 is 10.0 Å². The molecule has 0 bridgehead atoms. The molecule has 6 nitrogen and oxygen atoms in total. The number of sulfonamides is 1. The molecule has 1 N–H and O–H groups in total. The van der Waals surface area contributed by atoms with E-state index in [1.807, 2.05) is 6.07 Å². The lowest BCUT2D eigenvalue weighted by Gasteiger charge is -2.18. The number of hydrogen-bond donors (Lipinski definition) is 1. The second kappa shape index (κ2) is 5.42. The molecule has 0 atom stereocenters. The number of fused-ring (bicyclic) bond motifs is 1. The van der Waals surface area contributed by atoms with Crippen LogP contribution < -0.4 is 9.62 Å². The van der Waals surface area contributed by atoms with Crippen LogP contribution in [0.5, 0.6) is 0 Å². The Morgan fingerprint density at radius 2 is 2.14 bits per heavy atom. The molecule has 1 aromatic carbocycles. The Morgan fingerprint density at radius 3 is 2.82 bits per heavy atom. The van der Waals surface area contributed by atoms with Crippen molar-refractivity contribution >= 4 is 27.3 Å². The van der Waals surface area contributed by atoms with Crippen LogP contribution in [0.2, 0.25) is 0 Å². The monoisotopic (exact) mass is 317 g/mol. The molecule has 114 valence electrons. The van der Waals surface area contributed by atoms with E-state index in [2.05, 4.69) is 9.71 Å². The Balaban J connectivity index is 1.93. The summed E-state index contributed by atoms with van der Waals surface area (Å²) in [4.78, 5) is 18.2. The van der Waals surface area contributed by atoms with Gasteiger partial charge >= 0.3 is 0 Å². The zero-order valence-corrected chi connectivity index (χ0v) is 12.8. The van der Waals surface area contributed by atoms with E-state index in [-0.39, 0.29) is 5.91 Å². The fourth-order valence-electron chi connectivity index (χ4n) is 2.51. The highest BCUT2D eigenvalue weighted by atomic mass is 32.2. The number of benzene rings is 1. The minimum atomic E-state index is -3.35. The second-order valence-electron chi connectivity index (χ2n) is 5.17. The molecule has 0 spiro atoms. The zero-order chi connectivity index (χ0) is 15.7. The Labute approximate surface area is 128 Å². The first kappa shape index (κ1) is 14.5. The molecule has 22 heavy (non-hydrogen) atoms. The first-order chi connectivity index (χ1) is 10.4. The molecule has 0 aliphatic carbocycles. The quantitative estimate of drug-likeness (QED) is 0.933. The van der Waals surface area contributed by atoms with Crippen LogP contribution in [-0.2, 0) is 16.4 Å². The summed E-state index contributed by atoms with van der Waals surface area (Å²) in [6, 6.07) is 8.67. The van der Waals surface area contributed by atoms with Crippen LogP contribution in [0.4, 0.5) is 11.4 Å². The minimum Gasteiger partial charge on any atom is -0.308 e.